The number of hydrogen-bond donors (Lipinski definition) is 4. The van der Waals surface area contributed by atoms with Gasteiger partial charge in [-0.05, 0) is 12.1 Å². The van der Waals surface area contributed by atoms with Crippen molar-refractivity contribution in [2.45, 2.75) is 4.90 Å². The van der Waals surface area contributed by atoms with Crippen molar-refractivity contribution in [2.75, 3.05) is 10.5 Å². The first-order valence-corrected chi connectivity index (χ1v) is 6.68. The van der Waals surface area contributed by atoms with E-state index in [2.05, 4.69) is 0 Å². The van der Waals surface area contributed by atoms with E-state index in [4.69, 9.17) is 5.73 Å². The minimum Gasteiger partial charge on any atom is -0.397 e. The summed E-state index contributed by atoms with van der Waals surface area (Å²) in [4.78, 5) is 25.3. The van der Waals surface area contributed by atoms with Crippen LogP contribution in [0.4, 0.5) is 15.8 Å². The zero-order valence-electron chi connectivity index (χ0n) is 9.81. The molecule has 2 rings (SSSR count). The predicted molar refractivity (Wildman–Crippen MR) is 69.3 cm³/mol. The second-order valence-electron chi connectivity index (χ2n) is 3.77. The Morgan fingerprint density at radius 2 is 1.95 bits per heavy atom. The van der Waals surface area contributed by atoms with E-state index in [0.29, 0.717) is 0 Å². The molecule has 2 aromatic rings. The maximum Gasteiger partial charge on any atom is 0.325 e. The van der Waals surface area contributed by atoms with Crippen molar-refractivity contribution in [3.63, 3.8) is 0 Å². The van der Waals surface area contributed by atoms with Crippen LogP contribution in [-0.2, 0) is 10.0 Å². The number of benzene rings is 1. The normalized spacial score (nSPS) is 11.2. The summed E-state index contributed by atoms with van der Waals surface area (Å²) >= 11 is 0. The Labute approximate surface area is 111 Å². The summed E-state index contributed by atoms with van der Waals surface area (Å²) in [6.07, 6.45) is 0.735. The van der Waals surface area contributed by atoms with E-state index in [1.165, 1.54) is 6.07 Å². The Bertz CT molecular complexity index is 871. The highest BCUT2D eigenvalue weighted by Crippen LogP contribution is 2.21. The smallest absolute Gasteiger partial charge is 0.325 e. The number of nitrogen functional groups attached to an aromatic ring is 1. The third-order valence-corrected chi connectivity index (χ3v) is 3.71. The maximum atomic E-state index is 13.1. The molecule has 10 heteroatoms. The fourth-order valence-electron chi connectivity index (χ4n) is 1.41. The minimum atomic E-state index is -4.31. The molecule has 5 N–H and O–H groups in total. The number of nitrogens with one attached hydrogen (secondary N) is 3. The summed E-state index contributed by atoms with van der Waals surface area (Å²) in [6.45, 7) is 0. The summed E-state index contributed by atoms with van der Waals surface area (Å²) in [6, 6.07) is 3.09. The van der Waals surface area contributed by atoms with Gasteiger partial charge in [0.2, 0.25) is 0 Å². The molecule has 0 atom stereocenters. The summed E-state index contributed by atoms with van der Waals surface area (Å²) in [5.74, 6) is -0.702. The number of hydrogen-bond acceptors (Lipinski definition) is 5. The molecule has 0 aliphatic rings. The molecule has 0 aliphatic carbocycles. The number of aromatic nitrogens is 2. The maximum absolute atomic E-state index is 13.1. The van der Waals surface area contributed by atoms with Crippen molar-refractivity contribution in [2.24, 2.45) is 0 Å². The van der Waals surface area contributed by atoms with E-state index in [1.807, 2.05) is 9.71 Å². The van der Waals surface area contributed by atoms with Crippen LogP contribution in [0.3, 0.4) is 0 Å². The molecule has 20 heavy (non-hydrogen) atoms. The molecule has 1 aromatic heterocycles. The van der Waals surface area contributed by atoms with Crippen molar-refractivity contribution in [1.29, 1.82) is 0 Å². The molecule has 1 heterocycles. The first-order chi connectivity index (χ1) is 9.29. The van der Waals surface area contributed by atoms with E-state index < -0.39 is 32.0 Å². The largest absolute Gasteiger partial charge is 0.397 e. The van der Waals surface area contributed by atoms with Gasteiger partial charge in [0.1, 0.15) is 5.82 Å². The second-order valence-corrected chi connectivity index (χ2v) is 5.42. The van der Waals surface area contributed by atoms with Crippen molar-refractivity contribution in [3.8, 4) is 0 Å². The monoisotopic (exact) mass is 300 g/mol. The van der Waals surface area contributed by atoms with E-state index in [0.717, 1.165) is 18.3 Å². The number of anilines is 2. The van der Waals surface area contributed by atoms with Crippen LogP contribution in [0.15, 0.2) is 38.9 Å². The third kappa shape index (κ3) is 2.69. The molecule has 0 spiro atoms. The lowest BCUT2D eigenvalue weighted by molar-refractivity contribution is 0.599. The Morgan fingerprint density at radius 3 is 2.60 bits per heavy atom. The van der Waals surface area contributed by atoms with Gasteiger partial charge in [0.15, 0.2) is 4.90 Å². The average Bonchev–Trinajstić information content (AvgIpc) is 2.33. The van der Waals surface area contributed by atoms with Crippen LogP contribution in [-0.4, -0.2) is 18.4 Å². The molecular weight excluding hydrogens is 291 g/mol. The molecule has 0 saturated carbocycles. The Hall–Kier alpha value is -2.62. The third-order valence-electron chi connectivity index (χ3n) is 2.33. The van der Waals surface area contributed by atoms with Crippen LogP contribution in [0.5, 0.6) is 0 Å². The number of nitrogens with two attached hydrogens (primary N) is 1. The molecule has 8 nitrogen and oxygen atoms in total. The molecule has 0 aliphatic heterocycles. The van der Waals surface area contributed by atoms with Crippen molar-refractivity contribution in [3.05, 3.63) is 51.1 Å². The van der Waals surface area contributed by atoms with Crippen LogP contribution < -0.4 is 21.7 Å². The molecule has 0 unspecified atom stereocenters. The van der Waals surface area contributed by atoms with Crippen molar-refractivity contribution >= 4 is 21.4 Å². The standard InChI is InChI=1S/C10H9FN4O4S/c11-5-1-2-6(12)7(3-5)15-20(18,19)8-4-13-10(17)14-9(8)16/h1-4,15H,12H2,(H2,13,14,16,17). The fourth-order valence-corrected chi connectivity index (χ4v) is 2.50. The van der Waals surface area contributed by atoms with E-state index in [9.17, 15) is 22.4 Å². The summed E-state index contributed by atoms with van der Waals surface area (Å²) in [5, 5.41) is 0. The molecule has 0 saturated heterocycles. The van der Waals surface area contributed by atoms with Crippen LogP contribution in [0.2, 0.25) is 0 Å². The zero-order chi connectivity index (χ0) is 14.9. The summed E-state index contributed by atoms with van der Waals surface area (Å²) in [7, 11) is -4.31. The lowest BCUT2D eigenvalue weighted by atomic mass is 10.3. The molecule has 1 aromatic carbocycles. The minimum absolute atomic E-state index is 0.0178. The van der Waals surface area contributed by atoms with E-state index >= 15 is 0 Å². The molecule has 0 radical (unpaired) electrons. The van der Waals surface area contributed by atoms with Gasteiger partial charge in [-0.3, -0.25) is 14.5 Å². The summed E-state index contributed by atoms with van der Waals surface area (Å²) < 4.78 is 39.0. The SMILES string of the molecule is Nc1ccc(F)cc1NS(=O)(=O)c1c[nH]c(=O)[nH]c1=O. The van der Waals surface area contributed by atoms with E-state index in [1.54, 1.807) is 4.98 Å². The second kappa shape index (κ2) is 4.81. The number of sulfonamides is 1. The Morgan fingerprint density at radius 1 is 1.25 bits per heavy atom. The number of aromatic amines is 2. The Kier molecular flexibility index (Phi) is 3.32. The van der Waals surface area contributed by atoms with Crippen LogP contribution in [0, 0.1) is 5.82 Å². The van der Waals surface area contributed by atoms with Crippen LogP contribution in [0.1, 0.15) is 0 Å². The highest BCUT2D eigenvalue weighted by Gasteiger charge is 2.20. The highest BCUT2D eigenvalue weighted by atomic mass is 32.2. The van der Waals surface area contributed by atoms with Gasteiger partial charge in [0.25, 0.3) is 15.6 Å². The fraction of sp³-hybridized carbons (Fsp3) is 0. The Balaban J connectivity index is 2.49. The first kappa shape index (κ1) is 13.8. The van der Waals surface area contributed by atoms with E-state index in [-0.39, 0.29) is 11.4 Å². The topological polar surface area (TPSA) is 138 Å². The van der Waals surface area contributed by atoms with Crippen molar-refractivity contribution in [1.82, 2.24) is 9.97 Å². The number of halogens is 1. The van der Waals surface area contributed by atoms with Crippen LogP contribution >= 0.6 is 0 Å². The lowest BCUT2D eigenvalue weighted by Crippen LogP contribution is -2.29. The zero-order valence-corrected chi connectivity index (χ0v) is 10.6. The summed E-state index contributed by atoms with van der Waals surface area (Å²) in [5.41, 5.74) is 3.32. The quantitative estimate of drug-likeness (QED) is 0.571. The molecule has 0 amide bonds. The van der Waals surface area contributed by atoms with Gasteiger partial charge in [-0.25, -0.2) is 17.6 Å². The van der Waals surface area contributed by atoms with Gasteiger partial charge >= 0.3 is 5.69 Å². The average molecular weight is 300 g/mol. The number of rotatable bonds is 3. The number of H-pyrrole nitrogens is 2. The molecule has 106 valence electrons. The molecular formula is C10H9FN4O4S. The lowest BCUT2D eigenvalue weighted by Gasteiger charge is -2.09. The van der Waals surface area contributed by atoms with Gasteiger partial charge in [-0.2, -0.15) is 0 Å². The van der Waals surface area contributed by atoms with Gasteiger partial charge in [0.05, 0.1) is 11.4 Å². The van der Waals surface area contributed by atoms with Gasteiger partial charge in [-0.15, -0.1) is 0 Å². The highest BCUT2D eigenvalue weighted by molar-refractivity contribution is 7.92. The van der Waals surface area contributed by atoms with Gasteiger partial charge < -0.3 is 10.7 Å². The predicted octanol–water partition coefficient (Wildman–Crippen LogP) is -0.415. The molecule has 0 fully saturated rings. The molecule has 0 bridgehead atoms. The van der Waals surface area contributed by atoms with Gasteiger partial charge in [-0.1, -0.05) is 0 Å². The van der Waals surface area contributed by atoms with Crippen LogP contribution in [0.25, 0.3) is 0 Å². The van der Waals surface area contributed by atoms with Gasteiger partial charge in [0, 0.05) is 12.3 Å². The van der Waals surface area contributed by atoms with Crippen molar-refractivity contribution < 1.29 is 12.8 Å². The first-order valence-electron chi connectivity index (χ1n) is 5.19.